The minimum atomic E-state index is -0.138. The topological polar surface area (TPSA) is 51.2 Å². The van der Waals surface area contributed by atoms with Crippen molar-refractivity contribution in [2.45, 2.75) is 26.9 Å². The van der Waals surface area contributed by atoms with Crippen LogP contribution in [0.5, 0.6) is 5.75 Å². The van der Waals surface area contributed by atoms with Crippen molar-refractivity contribution >= 4 is 28.8 Å². The molecule has 0 spiro atoms. The number of hydrogen-bond donors (Lipinski definition) is 1. The molecule has 0 atom stereocenters. The average molecular weight is 401 g/mol. The summed E-state index contributed by atoms with van der Waals surface area (Å²) in [4.78, 5) is 18.2. The Morgan fingerprint density at radius 1 is 1.15 bits per heavy atom. The molecule has 6 heteroatoms. The number of nitrogens with zero attached hydrogens (tertiary/aromatic N) is 1. The third-order valence-electron chi connectivity index (χ3n) is 4.08. The Kier molecular flexibility index (Phi) is 6.48. The second kappa shape index (κ2) is 9.02. The Bertz CT molecular complexity index is 922. The van der Waals surface area contributed by atoms with Crippen LogP contribution in [0, 0.1) is 13.8 Å². The van der Waals surface area contributed by atoms with Gasteiger partial charge in [-0.1, -0.05) is 35.9 Å². The number of amides is 1. The van der Waals surface area contributed by atoms with Gasteiger partial charge in [0, 0.05) is 22.9 Å². The molecule has 1 heterocycles. The van der Waals surface area contributed by atoms with E-state index >= 15 is 0 Å². The van der Waals surface area contributed by atoms with Crippen LogP contribution < -0.4 is 10.1 Å². The first kappa shape index (κ1) is 19.4. The van der Waals surface area contributed by atoms with Crippen LogP contribution in [-0.2, 0) is 13.0 Å². The van der Waals surface area contributed by atoms with Crippen molar-refractivity contribution < 1.29 is 9.53 Å². The van der Waals surface area contributed by atoms with E-state index in [9.17, 15) is 4.79 Å². The fourth-order valence-electron chi connectivity index (χ4n) is 2.71. The van der Waals surface area contributed by atoms with Crippen LogP contribution in [0.25, 0.3) is 0 Å². The van der Waals surface area contributed by atoms with E-state index in [1.54, 1.807) is 17.4 Å². The van der Waals surface area contributed by atoms with Gasteiger partial charge in [-0.2, -0.15) is 0 Å². The van der Waals surface area contributed by atoms with Crippen LogP contribution in [0.2, 0.25) is 5.02 Å². The highest BCUT2D eigenvalue weighted by Crippen LogP contribution is 2.21. The Hall–Kier alpha value is -2.37. The van der Waals surface area contributed by atoms with Crippen molar-refractivity contribution in [3.8, 4) is 5.75 Å². The molecule has 3 aromatic rings. The maximum Gasteiger partial charge on any atom is 0.255 e. The zero-order valence-electron chi connectivity index (χ0n) is 15.3. The summed E-state index contributed by atoms with van der Waals surface area (Å²) in [5.41, 5.74) is 2.56. The quantitative estimate of drug-likeness (QED) is 0.609. The highest BCUT2D eigenvalue weighted by atomic mass is 35.5. The van der Waals surface area contributed by atoms with Gasteiger partial charge in [0.05, 0.1) is 16.3 Å². The fraction of sp³-hybridized carbons (Fsp3) is 0.238. The summed E-state index contributed by atoms with van der Waals surface area (Å²) in [5, 5.41) is 4.71. The minimum Gasteiger partial charge on any atom is -0.488 e. The second-order valence-corrected chi connectivity index (χ2v) is 7.88. The number of rotatable bonds is 7. The maximum absolute atomic E-state index is 12.6. The van der Waals surface area contributed by atoms with Crippen LogP contribution in [0.4, 0.5) is 0 Å². The number of carbonyl (C=O) groups excluding carboxylic acids is 1. The lowest BCUT2D eigenvalue weighted by atomic mass is 10.2. The molecular formula is C21H21ClN2O2S. The molecule has 1 amide bonds. The van der Waals surface area contributed by atoms with E-state index in [-0.39, 0.29) is 5.91 Å². The molecule has 3 rings (SSSR count). The number of aromatic nitrogens is 1. The van der Waals surface area contributed by atoms with Crippen molar-refractivity contribution in [2.75, 3.05) is 6.54 Å². The summed E-state index contributed by atoms with van der Waals surface area (Å²) >= 11 is 7.58. The predicted octanol–water partition coefficient (Wildman–Crippen LogP) is 4.96. The van der Waals surface area contributed by atoms with Gasteiger partial charge in [0.2, 0.25) is 0 Å². The molecule has 2 aromatic carbocycles. The van der Waals surface area contributed by atoms with Gasteiger partial charge in [-0.3, -0.25) is 4.79 Å². The van der Waals surface area contributed by atoms with Gasteiger partial charge < -0.3 is 10.1 Å². The largest absolute Gasteiger partial charge is 0.488 e. The number of para-hydroxylation sites is 1. The van der Waals surface area contributed by atoms with Crippen molar-refractivity contribution in [2.24, 2.45) is 0 Å². The molecule has 0 aliphatic rings. The molecule has 0 aliphatic heterocycles. The summed E-state index contributed by atoms with van der Waals surface area (Å²) in [6, 6.07) is 14.7. The number of thiazole rings is 1. The molecular weight excluding hydrogens is 380 g/mol. The third kappa shape index (κ3) is 5.31. The summed E-state index contributed by atoms with van der Waals surface area (Å²) in [6.45, 7) is 4.93. The van der Waals surface area contributed by atoms with Gasteiger partial charge in [0.15, 0.2) is 0 Å². The van der Waals surface area contributed by atoms with Crippen LogP contribution in [0.3, 0.4) is 0 Å². The highest BCUT2D eigenvalue weighted by Gasteiger charge is 2.12. The lowest BCUT2D eigenvalue weighted by molar-refractivity contribution is 0.0949. The van der Waals surface area contributed by atoms with Crippen LogP contribution in [-0.4, -0.2) is 17.4 Å². The normalized spacial score (nSPS) is 10.6. The molecule has 1 N–H and O–H groups in total. The highest BCUT2D eigenvalue weighted by molar-refractivity contribution is 7.11. The average Bonchev–Trinajstić information content (AvgIpc) is 2.98. The zero-order chi connectivity index (χ0) is 19.2. The Balaban J connectivity index is 1.59. The van der Waals surface area contributed by atoms with E-state index in [0.717, 1.165) is 22.7 Å². The van der Waals surface area contributed by atoms with E-state index < -0.39 is 0 Å². The van der Waals surface area contributed by atoms with E-state index in [0.29, 0.717) is 29.5 Å². The molecule has 0 unspecified atom stereocenters. The summed E-state index contributed by atoms with van der Waals surface area (Å²) in [7, 11) is 0. The summed E-state index contributed by atoms with van der Waals surface area (Å²) in [6.07, 6.45) is 0.775. The first-order chi connectivity index (χ1) is 13.0. The predicted molar refractivity (Wildman–Crippen MR) is 110 cm³/mol. The van der Waals surface area contributed by atoms with Gasteiger partial charge in [-0.05, 0) is 43.7 Å². The van der Waals surface area contributed by atoms with E-state index in [1.807, 2.05) is 56.3 Å². The van der Waals surface area contributed by atoms with E-state index in [1.165, 1.54) is 4.88 Å². The monoisotopic (exact) mass is 400 g/mol. The molecule has 0 radical (unpaired) electrons. The molecule has 0 saturated heterocycles. The summed E-state index contributed by atoms with van der Waals surface area (Å²) < 4.78 is 5.86. The molecule has 0 fully saturated rings. The van der Waals surface area contributed by atoms with Gasteiger partial charge in [0.25, 0.3) is 5.91 Å². The lowest BCUT2D eigenvalue weighted by Gasteiger charge is -2.12. The molecule has 0 aliphatic carbocycles. The van der Waals surface area contributed by atoms with Crippen LogP contribution >= 0.6 is 22.9 Å². The number of nitrogens with one attached hydrogen (secondary N) is 1. The van der Waals surface area contributed by atoms with Gasteiger partial charge in [-0.15, -0.1) is 11.3 Å². The number of benzene rings is 2. The van der Waals surface area contributed by atoms with Gasteiger partial charge >= 0.3 is 0 Å². The van der Waals surface area contributed by atoms with Crippen molar-refractivity contribution in [3.05, 3.63) is 80.3 Å². The van der Waals surface area contributed by atoms with Crippen molar-refractivity contribution in [1.29, 1.82) is 0 Å². The van der Waals surface area contributed by atoms with Crippen molar-refractivity contribution in [1.82, 2.24) is 10.3 Å². The molecule has 1 aromatic heterocycles. The smallest absolute Gasteiger partial charge is 0.255 e. The van der Waals surface area contributed by atoms with Gasteiger partial charge in [-0.25, -0.2) is 4.98 Å². The van der Waals surface area contributed by atoms with Crippen LogP contribution in [0.1, 0.15) is 31.5 Å². The number of halogens is 1. The molecule has 27 heavy (non-hydrogen) atoms. The van der Waals surface area contributed by atoms with Gasteiger partial charge in [0.1, 0.15) is 12.4 Å². The Labute approximate surface area is 168 Å². The maximum atomic E-state index is 12.6. The Morgan fingerprint density at radius 3 is 2.59 bits per heavy atom. The standard InChI is InChI=1S/C21H21ClN2O2S/c1-14-20(27-15(2)24-14)11-12-23-21(25)18-5-3-4-6-19(18)26-13-16-7-9-17(22)10-8-16/h3-10H,11-13H2,1-2H3,(H,23,25). The Morgan fingerprint density at radius 2 is 1.89 bits per heavy atom. The van der Waals surface area contributed by atoms with E-state index in [2.05, 4.69) is 10.3 Å². The van der Waals surface area contributed by atoms with E-state index in [4.69, 9.17) is 16.3 Å². The number of aryl methyl sites for hydroxylation is 2. The first-order valence-electron chi connectivity index (χ1n) is 8.70. The van der Waals surface area contributed by atoms with Crippen molar-refractivity contribution in [3.63, 3.8) is 0 Å². The molecule has 4 nitrogen and oxygen atoms in total. The first-order valence-corrected chi connectivity index (χ1v) is 9.90. The lowest BCUT2D eigenvalue weighted by Crippen LogP contribution is -2.26. The fourth-order valence-corrected chi connectivity index (χ4v) is 3.77. The third-order valence-corrected chi connectivity index (χ3v) is 5.46. The number of carbonyl (C=O) groups is 1. The zero-order valence-corrected chi connectivity index (χ0v) is 16.9. The number of ether oxygens (including phenoxy) is 1. The van der Waals surface area contributed by atoms with Crippen LogP contribution in [0.15, 0.2) is 48.5 Å². The second-order valence-electron chi connectivity index (χ2n) is 6.16. The number of hydrogen-bond acceptors (Lipinski definition) is 4. The SMILES string of the molecule is Cc1nc(C)c(CCNC(=O)c2ccccc2OCc2ccc(Cl)cc2)s1. The molecule has 140 valence electrons. The summed E-state index contributed by atoms with van der Waals surface area (Å²) in [5.74, 6) is 0.426. The molecule has 0 saturated carbocycles. The molecule has 0 bridgehead atoms. The minimum absolute atomic E-state index is 0.138.